The van der Waals surface area contributed by atoms with Crippen molar-refractivity contribution >= 4 is 46.6 Å². The maximum atomic E-state index is 13.3. The summed E-state index contributed by atoms with van der Waals surface area (Å²) in [6.45, 7) is 0.685. The highest BCUT2D eigenvalue weighted by Crippen LogP contribution is 2.37. The van der Waals surface area contributed by atoms with Crippen molar-refractivity contribution < 1.29 is 4.79 Å². The number of nitriles is 1. The number of thioether (sulfide) groups is 1. The third-order valence-electron chi connectivity index (χ3n) is 6.15. The Labute approximate surface area is 224 Å². The summed E-state index contributed by atoms with van der Waals surface area (Å²) in [6.07, 6.45) is 1.90. The standard InChI is InChI=1S/C29H21Cl2N3OS/c30-21-13-11-19(12-14-21)26-16-23(22-8-2-3-9-25(22)31)24(17-32)29(33-26)36-18-28(35)34-15-5-7-20-6-1-4-10-27(20)34/h1-4,6,8-14,16H,5,7,15,18H2. The van der Waals surface area contributed by atoms with Crippen molar-refractivity contribution in [1.82, 2.24) is 4.98 Å². The van der Waals surface area contributed by atoms with Gasteiger partial charge in [0.2, 0.25) is 5.91 Å². The summed E-state index contributed by atoms with van der Waals surface area (Å²) in [4.78, 5) is 19.9. The Morgan fingerprint density at radius 3 is 2.53 bits per heavy atom. The zero-order chi connectivity index (χ0) is 25.1. The average Bonchev–Trinajstić information content (AvgIpc) is 2.91. The normalized spacial score (nSPS) is 12.6. The maximum Gasteiger partial charge on any atom is 0.237 e. The Morgan fingerprint density at radius 1 is 1.00 bits per heavy atom. The van der Waals surface area contributed by atoms with Crippen molar-refractivity contribution in [3.05, 3.63) is 100 Å². The number of amides is 1. The first-order valence-electron chi connectivity index (χ1n) is 11.5. The van der Waals surface area contributed by atoms with E-state index in [-0.39, 0.29) is 11.7 Å². The molecule has 3 aromatic carbocycles. The molecular weight excluding hydrogens is 509 g/mol. The van der Waals surface area contributed by atoms with Crippen LogP contribution in [0.2, 0.25) is 10.0 Å². The lowest BCUT2D eigenvalue weighted by atomic mass is 9.99. The number of pyridine rings is 1. The monoisotopic (exact) mass is 529 g/mol. The highest BCUT2D eigenvalue weighted by Gasteiger charge is 2.24. The topological polar surface area (TPSA) is 57.0 Å². The van der Waals surface area contributed by atoms with Crippen LogP contribution in [-0.4, -0.2) is 23.2 Å². The van der Waals surface area contributed by atoms with Gasteiger partial charge in [-0.2, -0.15) is 5.26 Å². The largest absolute Gasteiger partial charge is 0.311 e. The number of halogens is 2. The van der Waals surface area contributed by atoms with E-state index in [1.807, 2.05) is 59.5 Å². The molecule has 2 heterocycles. The van der Waals surface area contributed by atoms with Crippen LogP contribution in [0, 0.1) is 11.3 Å². The zero-order valence-corrected chi connectivity index (χ0v) is 21.6. The second-order valence-electron chi connectivity index (χ2n) is 8.40. The number of aromatic nitrogens is 1. The third-order valence-corrected chi connectivity index (χ3v) is 7.69. The smallest absolute Gasteiger partial charge is 0.237 e. The molecule has 0 fully saturated rings. The molecule has 1 aromatic heterocycles. The molecule has 1 aliphatic heterocycles. The van der Waals surface area contributed by atoms with Gasteiger partial charge in [-0.05, 0) is 48.7 Å². The van der Waals surface area contributed by atoms with E-state index in [2.05, 4.69) is 12.1 Å². The van der Waals surface area contributed by atoms with Gasteiger partial charge >= 0.3 is 0 Å². The fraction of sp³-hybridized carbons (Fsp3) is 0.138. The number of nitrogens with zero attached hydrogens (tertiary/aromatic N) is 3. The summed E-state index contributed by atoms with van der Waals surface area (Å²) < 4.78 is 0. The van der Waals surface area contributed by atoms with Crippen molar-refractivity contribution in [2.24, 2.45) is 0 Å². The molecule has 4 aromatic rings. The minimum atomic E-state index is -0.00553. The summed E-state index contributed by atoms with van der Waals surface area (Å²) in [6, 6.07) is 27.0. The predicted molar refractivity (Wildman–Crippen MR) is 148 cm³/mol. The fourth-order valence-electron chi connectivity index (χ4n) is 4.40. The number of anilines is 1. The van der Waals surface area contributed by atoms with Gasteiger partial charge in [0.1, 0.15) is 11.1 Å². The van der Waals surface area contributed by atoms with Gasteiger partial charge in [-0.1, -0.05) is 83.5 Å². The number of fused-ring (bicyclic) bond motifs is 1. The third kappa shape index (κ3) is 4.99. The van der Waals surface area contributed by atoms with E-state index in [1.165, 1.54) is 17.3 Å². The molecule has 0 unspecified atom stereocenters. The Bertz CT molecular complexity index is 1480. The second-order valence-corrected chi connectivity index (χ2v) is 10.2. The van der Waals surface area contributed by atoms with E-state index in [0.29, 0.717) is 38.4 Å². The number of carbonyl (C=O) groups is 1. The molecule has 5 rings (SSSR count). The van der Waals surface area contributed by atoms with Crippen LogP contribution < -0.4 is 4.90 Å². The lowest BCUT2D eigenvalue weighted by Crippen LogP contribution is -2.36. The Balaban J connectivity index is 1.53. The lowest BCUT2D eigenvalue weighted by Gasteiger charge is -2.29. The molecule has 178 valence electrons. The van der Waals surface area contributed by atoms with E-state index in [9.17, 15) is 10.1 Å². The maximum absolute atomic E-state index is 13.3. The molecular formula is C29H21Cl2N3OS. The van der Waals surface area contributed by atoms with E-state index in [4.69, 9.17) is 28.2 Å². The lowest BCUT2D eigenvalue weighted by molar-refractivity contribution is -0.116. The zero-order valence-electron chi connectivity index (χ0n) is 19.2. The second kappa shape index (κ2) is 10.8. The molecule has 4 nitrogen and oxygen atoms in total. The van der Waals surface area contributed by atoms with Crippen LogP contribution in [0.4, 0.5) is 5.69 Å². The first-order valence-corrected chi connectivity index (χ1v) is 13.3. The van der Waals surface area contributed by atoms with Gasteiger partial charge in [0.25, 0.3) is 0 Å². The van der Waals surface area contributed by atoms with Crippen LogP contribution in [-0.2, 0) is 11.2 Å². The van der Waals surface area contributed by atoms with Crippen molar-refractivity contribution in [3.63, 3.8) is 0 Å². The molecule has 0 saturated heterocycles. The van der Waals surface area contributed by atoms with Crippen LogP contribution in [0.1, 0.15) is 17.5 Å². The van der Waals surface area contributed by atoms with Gasteiger partial charge in [0.05, 0.1) is 17.0 Å². The summed E-state index contributed by atoms with van der Waals surface area (Å²) >= 11 is 13.9. The molecule has 0 N–H and O–H groups in total. The molecule has 0 atom stereocenters. The first kappa shape index (κ1) is 24.4. The SMILES string of the molecule is N#Cc1c(-c2ccccc2Cl)cc(-c2ccc(Cl)cc2)nc1SCC(=O)N1CCCc2ccccc21. The van der Waals surface area contributed by atoms with Crippen LogP contribution in [0.15, 0.2) is 83.9 Å². The molecule has 0 radical (unpaired) electrons. The van der Waals surface area contributed by atoms with Crippen molar-refractivity contribution in [2.45, 2.75) is 17.9 Å². The minimum Gasteiger partial charge on any atom is -0.311 e. The van der Waals surface area contributed by atoms with E-state index < -0.39 is 0 Å². The predicted octanol–water partition coefficient (Wildman–Crippen LogP) is 7.67. The fourth-order valence-corrected chi connectivity index (χ4v) is 5.64. The van der Waals surface area contributed by atoms with E-state index >= 15 is 0 Å². The highest BCUT2D eigenvalue weighted by molar-refractivity contribution is 8.00. The van der Waals surface area contributed by atoms with E-state index in [0.717, 1.165) is 29.7 Å². The average molecular weight is 530 g/mol. The van der Waals surface area contributed by atoms with Gasteiger partial charge < -0.3 is 4.90 Å². The Hall–Kier alpha value is -3.30. The number of hydrogen-bond donors (Lipinski definition) is 0. The summed E-state index contributed by atoms with van der Waals surface area (Å²) in [5.41, 5.74) is 5.51. The minimum absolute atomic E-state index is 0.00553. The van der Waals surface area contributed by atoms with Crippen LogP contribution in [0.5, 0.6) is 0 Å². The van der Waals surface area contributed by atoms with Gasteiger partial charge in [0.15, 0.2) is 0 Å². The molecule has 0 saturated carbocycles. The molecule has 0 bridgehead atoms. The van der Waals surface area contributed by atoms with E-state index in [1.54, 1.807) is 18.2 Å². The Kier molecular flexibility index (Phi) is 7.29. The number of aryl methyl sites for hydroxylation is 1. The number of benzene rings is 3. The summed E-state index contributed by atoms with van der Waals surface area (Å²) in [7, 11) is 0. The summed E-state index contributed by atoms with van der Waals surface area (Å²) in [5, 5.41) is 11.8. The molecule has 1 aliphatic rings. The number of para-hydroxylation sites is 1. The van der Waals surface area contributed by atoms with Crippen LogP contribution >= 0.6 is 35.0 Å². The van der Waals surface area contributed by atoms with Gasteiger partial charge in [-0.15, -0.1) is 0 Å². The summed E-state index contributed by atoms with van der Waals surface area (Å²) in [5.74, 6) is 0.163. The van der Waals surface area contributed by atoms with Crippen molar-refractivity contribution in [2.75, 3.05) is 17.2 Å². The highest BCUT2D eigenvalue weighted by atomic mass is 35.5. The number of rotatable bonds is 5. The number of carbonyl (C=O) groups excluding carboxylic acids is 1. The van der Waals surface area contributed by atoms with Gasteiger partial charge in [-0.3, -0.25) is 4.79 Å². The van der Waals surface area contributed by atoms with Crippen LogP contribution in [0.25, 0.3) is 22.4 Å². The number of hydrogen-bond acceptors (Lipinski definition) is 4. The first-order chi connectivity index (χ1) is 17.5. The van der Waals surface area contributed by atoms with Gasteiger partial charge in [0, 0.05) is 39.0 Å². The molecule has 1 amide bonds. The van der Waals surface area contributed by atoms with Crippen molar-refractivity contribution in [3.8, 4) is 28.5 Å². The Morgan fingerprint density at radius 2 is 1.75 bits per heavy atom. The molecule has 0 aliphatic carbocycles. The van der Waals surface area contributed by atoms with Gasteiger partial charge in [-0.25, -0.2) is 4.98 Å². The molecule has 36 heavy (non-hydrogen) atoms. The molecule has 7 heteroatoms. The van der Waals surface area contributed by atoms with Crippen LogP contribution in [0.3, 0.4) is 0 Å². The quantitative estimate of drug-likeness (QED) is 0.249. The molecule has 0 spiro atoms. The van der Waals surface area contributed by atoms with Crippen molar-refractivity contribution in [1.29, 1.82) is 5.26 Å².